The van der Waals surface area contributed by atoms with E-state index in [1.54, 1.807) is 54.8 Å². The molecule has 1 spiro atoms. The van der Waals surface area contributed by atoms with Gasteiger partial charge in [-0.25, -0.2) is 9.97 Å². The molecule has 1 aromatic heterocycles. The lowest BCUT2D eigenvalue weighted by Gasteiger charge is -2.54. The van der Waals surface area contributed by atoms with Crippen LogP contribution in [0, 0.1) is 5.41 Å². The van der Waals surface area contributed by atoms with Gasteiger partial charge in [0.1, 0.15) is 18.1 Å². The Labute approximate surface area is 375 Å². The van der Waals surface area contributed by atoms with Crippen LogP contribution < -0.4 is 30.3 Å². The number of imide groups is 2. The zero-order valence-corrected chi connectivity index (χ0v) is 37.6. The molecule has 1 atom stereocenters. The summed E-state index contributed by atoms with van der Waals surface area (Å²) >= 11 is 1.76. The van der Waals surface area contributed by atoms with Crippen molar-refractivity contribution in [2.24, 2.45) is 5.41 Å². The molecule has 3 aromatic rings. The fraction of sp³-hybridized carbons (Fsp3) is 0.553. The largest absolute Gasteiger partial charge is 0.451 e. The van der Waals surface area contributed by atoms with Crippen molar-refractivity contribution in [3.05, 3.63) is 71.7 Å². The Bertz CT molecular complexity index is 2080. The number of amides is 5. The van der Waals surface area contributed by atoms with Crippen molar-refractivity contribution in [2.75, 3.05) is 62.8 Å². The number of carbonyl (C=O) groups excluding carboxylic acids is 5. The van der Waals surface area contributed by atoms with E-state index >= 15 is 0 Å². The number of ether oxygens (including phenoxy) is 1. The first-order valence-corrected chi connectivity index (χ1v) is 24.0. The fourth-order valence-corrected chi connectivity index (χ4v) is 9.90. The summed E-state index contributed by atoms with van der Waals surface area (Å²) in [5.74, 6) is -0.461. The summed E-state index contributed by atoms with van der Waals surface area (Å²) < 4.78 is 9.70. The second-order valence-electron chi connectivity index (χ2n) is 17.6. The van der Waals surface area contributed by atoms with E-state index in [1.165, 1.54) is 44.9 Å². The number of anilines is 2. The average molecular weight is 882 g/mol. The normalized spacial score (nSPS) is 19.8. The average Bonchev–Trinajstić information content (AvgIpc) is 3.53. The molecule has 16 heteroatoms. The SMILES string of the molecule is CN1CCC2(CC1)CN(c1ncncc1Oc1ccccc1C(=O)NCCCCCCCCNc1cccc3c1C(=O)N(C1CCC(=O)NC1=O)C3=O)C2.CSNC1CCCCC1. The Kier molecular flexibility index (Phi) is 16.1. The molecule has 15 nitrogen and oxygen atoms in total. The highest BCUT2D eigenvalue weighted by atomic mass is 32.2. The molecule has 4 N–H and O–H groups in total. The summed E-state index contributed by atoms with van der Waals surface area (Å²) in [4.78, 5) is 77.9. The van der Waals surface area contributed by atoms with Crippen LogP contribution >= 0.6 is 11.9 Å². The molecule has 5 amide bonds. The zero-order chi connectivity index (χ0) is 44.2. The number of piperidine rings is 2. The molecular weight excluding hydrogens is 819 g/mol. The van der Waals surface area contributed by atoms with Crippen molar-refractivity contribution >= 4 is 53.0 Å². The van der Waals surface area contributed by atoms with Crippen molar-refractivity contribution in [1.29, 1.82) is 0 Å². The molecule has 5 aliphatic rings. The van der Waals surface area contributed by atoms with Crippen molar-refractivity contribution in [3.8, 4) is 11.5 Å². The molecular formula is C47H63N9O6S. The molecule has 3 saturated heterocycles. The summed E-state index contributed by atoms with van der Waals surface area (Å²) in [6.07, 6.45) is 20.7. The molecule has 338 valence electrons. The Morgan fingerprint density at radius 3 is 2.35 bits per heavy atom. The first-order chi connectivity index (χ1) is 30.7. The number of aromatic nitrogens is 2. The molecule has 1 unspecified atom stereocenters. The van der Waals surface area contributed by atoms with Crippen LogP contribution in [0.15, 0.2) is 55.0 Å². The first-order valence-electron chi connectivity index (χ1n) is 22.8. The molecule has 4 fully saturated rings. The fourth-order valence-electron chi connectivity index (χ4n) is 9.33. The van der Waals surface area contributed by atoms with Gasteiger partial charge in [0.2, 0.25) is 11.8 Å². The minimum Gasteiger partial charge on any atom is -0.451 e. The van der Waals surface area contributed by atoms with Gasteiger partial charge < -0.3 is 25.2 Å². The maximum absolute atomic E-state index is 13.3. The highest BCUT2D eigenvalue weighted by Gasteiger charge is 2.47. The summed E-state index contributed by atoms with van der Waals surface area (Å²) in [7, 11) is 2.18. The van der Waals surface area contributed by atoms with Crippen molar-refractivity contribution in [3.63, 3.8) is 0 Å². The second-order valence-corrected chi connectivity index (χ2v) is 18.2. The van der Waals surface area contributed by atoms with Crippen molar-refractivity contribution in [2.45, 2.75) is 108 Å². The minimum atomic E-state index is -0.989. The highest BCUT2D eigenvalue weighted by Crippen LogP contribution is 2.44. The van der Waals surface area contributed by atoms with Crippen LogP contribution in [0.25, 0.3) is 0 Å². The highest BCUT2D eigenvalue weighted by molar-refractivity contribution is 7.96. The summed E-state index contributed by atoms with van der Waals surface area (Å²) in [5.41, 5.74) is 1.91. The predicted molar refractivity (Wildman–Crippen MR) is 245 cm³/mol. The number of nitrogens with one attached hydrogen (secondary N) is 4. The van der Waals surface area contributed by atoms with Gasteiger partial charge in [-0.05, 0) is 95.6 Å². The number of rotatable bonds is 17. The zero-order valence-electron chi connectivity index (χ0n) is 36.8. The van der Waals surface area contributed by atoms with Gasteiger partial charge in [0.05, 0.1) is 22.9 Å². The van der Waals surface area contributed by atoms with E-state index in [0.29, 0.717) is 41.3 Å². The van der Waals surface area contributed by atoms with E-state index in [4.69, 9.17) is 4.74 Å². The summed E-state index contributed by atoms with van der Waals surface area (Å²) in [5, 5.41) is 8.57. The third-order valence-corrected chi connectivity index (χ3v) is 13.5. The molecule has 4 aliphatic heterocycles. The van der Waals surface area contributed by atoms with Crippen LogP contribution in [0.4, 0.5) is 11.5 Å². The molecule has 5 heterocycles. The third kappa shape index (κ3) is 11.6. The van der Waals surface area contributed by atoms with Gasteiger partial charge in [0, 0.05) is 49.7 Å². The van der Waals surface area contributed by atoms with Crippen LogP contribution in [-0.2, 0) is 9.59 Å². The van der Waals surface area contributed by atoms with E-state index < -0.39 is 29.7 Å². The van der Waals surface area contributed by atoms with Crippen LogP contribution in [0.3, 0.4) is 0 Å². The van der Waals surface area contributed by atoms with E-state index in [-0.39, 0.29) is 29.9 Å². The Balaban J connectivity index is 0.000000589. The Morgan fingerprint density at radius 2 is 1.60 bits per heavy atom. The second kappa shape index (κ2) is 22.0. The lowest BCUT2D eigenvalue weighted by atomic mass is 9.72. The van der Waals surface area contributed by atoms with Crippen LogP contribution in [-0.4, -0.2) is 114 Å². The molecule has 0 bridgehead atoms. The van der Waals surface area contributed by atoms with Gasteiger partial charge in [0.25, 0.3) is 17.7 Å². The topological polar surface area (TPSA) is 178 Å². The first kappa shape index (κ1) is 45.9. The molecule has 1 saturated carbocycles. The number of hydrogen-bond donors (Lipinski definition) is 4. The van der Waals surface area contributed by atoms with Gasteiger partial charge in [-0.1, -0.05) is 75.1 Å². The molecule has 2 aromatic carbocycles. The number of nitrogens with zero attached hydrogens (tertiary/aromatic N) is 5. The number of likely N-dealkylation sites (tertiary alicyclic amines) is 1. The van der Waals surface area contributed by atoms with E-state index in [1.807, 2.05) is 12.1 Å². The molecule has 0 radical (unpaired) electrons. The quantitative estimate of drug-likeness (QED) is 0.0651. The number of benzene rings is 2. The minimum absolute atomic E-state index is 0.0815. The number of hydrogen-bond acceptors (Lipinski definition) is 13. The van der Waals surface area contributed by atoms with Gasteiger partial charge in [-0.15, -0.1) is 0 Å². The smallest absolute Gasteiger partial charge is 0.264 e. The molecule has 8 rings (SSSR count). The van der Waals surface area contributed by atoms with Gasteiger partial charge in [-0.2, -0.15) is 0 Å². The molecule has 1 aliphatic carbocycles. The summed E-state index contributed by atoms with van der Waals surface area (Å²) in [6.45, 7) is 5.31. The molecule has 63 heavy (non-hydrogen) atoms. The maximum Gasteiger partial charge on any atom is 0.264 e. The Hall–Kier alpha value is -5.06. The number of unbranched alkanes of at least 4 members (excludes halogenated alkanes) is 5. The van der Waals surface area contributed by atoms with Gasteiger partial charge in [0.15, 0.2) is 11.6 Å². The van der Waals surface area contributed by atoms with E-state index in [0.717, 1.165) is 81.5 Å². The lowest BCUT2D eigenvalue weighted by Crippen LogP contribution is -2.60. The number of para-hydroxylation sites is 1. The van der Waals surface area contributed by atoms with Gasteiger partial charge in [-0.3, -0.25) is 38.9 Å². The Morgan fingerprint density at radius 1 is 0.873 bits per heavy atom. The predicted octanol–water partition coefficient (Wildman–Crippen LogP) is 6.57. The maximum atomic E-state index is 13.3. The standard InChI is InChI=1S/C40H48N8O6.C7H15NS/c1-46-21-17-40(18-22-46)24-47(25-40)35-32(23-41-26-44-35)54-31-14-7-6-11-27(31)36(50)43-20-9-5-3-2-4-8-19-42-29-13-10-12-28-34(29)39(53)48(38(28)52)30-15-16-33(49)45-37(30)51;1-9-8-7-5-3-2-4-6-7/h6-7,10-14,23,26,30,42H,2-5,8-9,15-22,24-25H2,1H3,(H,43,50)(H,45,49,51);7-8H,2-6H2,1H3. The summed E-state index contributed by atoms with van der Waals surface area (Å²) in [6, 6.07) is 12.2. The van der Waals surface area contributed by atoms with Gasteiger partial charge >= 0.3 is 0 Å². The number of carbonyl (C=O) groups is 5. The van der Waals surface area contributed by atoms with Crippen LogP contribution in [0.5, 0.6) is 11.5 Å². The van der Waals surface area contributed by atoms with Crippen LogP contribution in [0.2, 0.25) is 0 Å². The number of fused-ring (bicyclic) bond motifs is 1. The van der Waals surface area contributed by atoms with E-state index in [2.05, 4.69) is 53.7 Å². The monoisotopic (exact) mass is 881 g/mol. The van der Waals surface area contributed by atoms with Crippen LogP contribution in [0.1, 0.15) is 127 Å². The lowest BCUT2D eigenvalue weighted by molar-refractivity contribution is -0.136. The van der Waals surface area contributed by atoms with Crippen molar-refractivity contribution in [1.82, 2.24) is 35.1 Å². The third-order valence-electron chi connectivity index (χ3n) is 13.0. The van der Waals surface area contributed by atoms with Crippen molar-refractivity contribution < 1.29 is 28.7 Å². The van der Waals surface area contributed by atoms with E-state index in [9.17, 15) is 24.0 Å².